The largest absolute Gasteiger partial charge is 0.486 e. The molecule has 0 bridgehead atoms. The molecule has 1 N–H and O–H groups in total. The van der Waals surface area contributed by atoms with Gasteiger partial charge in [0.15, 0.2) is 17.6 Å². The number of ether oxygens (including phenoxy) is 3. The minimum atomic E-state index is -1.06. The van der Waals surface area contributed by atoms with Gasteiger partial charge >= 0.3 is 5.97 Å². The van der Waals surface area contributed by atoms with Crippen LogP contribution in [0.4, 0.5) is 0 Å². The van der Waals surface area contributed by atoms with Crippen LogP contribution in [-0.4, -0.2) is 60.9 Å². The molecule has 7 nitrogen and oxygen atoms in total. The molecule has 3 rings (SSSR count). The number of halogens is 1. The van der Waals surface area contributed by atoms with Crippen LogP contribution in [-0.2, 0) is 14.3 Å². The standard InChI is InChI=1S/C16H16BrNO6/c17-11-7-10(8-12-15(11)24-6-5-23-12)1-2-14(19)18-3-4-22-13(9-18)16(20)21/h1-2,7-8,13H,3-6,9H2,(H,20,21)/b2-1+. The lowest BCUT2D eigenvalue weighted by Gasteiger charge is -2.30. The lowest BCUT2D eigenvalue weighted by atomic mass is 10.1. The average molecular weight is 398 g/mol. The van der Waals surface area contributed by atoms with Gasteiger partial charge in [0.1, 0.15) is 13.2 Å². The van der Waals surface area contributed by atoms with Crippen LogP contribution >= 0.6 is 15.9 Å². The fraction of sp³-hybridized carbons (Fsp3) is 0.375. The van der Waals surface area contributed by atoms with Crippen molar-refractivity contribution >= 4 is 33.9 Å². The molecule has 128 valence electrons. The van der Waals surface area contributed by atoms with E-state index >= 15 is 0 Å². The fourth-order valence-corrected chi connectivity index (χ4v) is 3.07. The minimum Gasteiger partial charge on any atom is -0.486 e. The highest BCUT2D eigenvalue weighted by molar-refractivity contribution is 9.10. The average Bonchev–Trinajstić information content (AvgIpc) is 2.60. The van der Waals surface area contributed by atoms with Crippen molar-refractivity contribution in [3.63, 3.8) is 0 Å². The van der Waals surface area contributed by atoms with E-state index in [2.05, 4.69) is 15.9 Å². The smallest absolute Gasteiger partial charge is 0.334 e. The van der Waals surface area contributed by atoms with Crippen LogP contribution in [0.25, 0.3) is 6.08 Å². The predicted molar refractivity (Wildman–Crippen MR) is 88.1 cm³/mol. The first-order chi connectivity index (χ1) is 11.5. The number of amides is 1. The molecule has 0 spiro atoms. The summed E-state index contributed by atoms with van der Waals surface area (Å²) >= 11 is 3.42. The van der Waals surface area contributed by atoms with Crippen molar-refractivity contribution in [1.82, 2.24) is 4.90 Å². The first-order valence-electron chi connectivity index (χ1n) is 7.45. The molecule has 0 radical (unpaired) electrons. The zero-order valence-corrected chi connectivity index (χ0v) is 14.3. The highest BCUT2D eigenvalue weighted by Gasteiger charge is 2.28. The molecule has 1 atom stereocenters. The van der Waals surface area contributed by atoms with Gasteiger partial charge in [0.25, 0.3) is 0 Å². The fourth-order valence-electron chi connectivity index (χ4n) is 2.50. The third-order valence-corrected chi connectivity index (χ3v) is 4.28. The molecule has 1 aromatic carbocycles. The quantitative estimate of drug-likeness (QED) is 0.778. The Balaban J connectivity index is 1.70. The summed E-state index contributed by atoms with van der Waals surface area (Å²) in [6, 6.07) is 3.62. The summed E-state index contributed by atoms with van der Waals surface area (Å²) in [6.07, 6.45) is 2.11. The summed E-state index contributed by atoms with van der Waals surface area (Å²) in [7, 11) is 0. The number of carboxylic acids is 1. The molecular formula is C16H16BrNO6. The van der Waals surface area contributed by atoms with E-state index in [4.69, 9.17) is 19.3 Å². The maximum absolute atomic E-state index is 12.2. The molecule has 8 heteroatoms. The number of rotatable bonds is 3. The Morgan fingerprint density at radius 2 is 2.04 bits per heavy atom. The number of carboxylic acid groups (broad SMARTS) is 1. The van der Waals surface area contributed by atoms with Crippen LogP contribution in [0.2, 0.25) is 0 Å². The van der Waals surface area contributed by atoms with Crippen LogP contribution in [0.1, 0.15) is 5.56 Å². The lowest BCUT2D eigenvalue weighted by Crippen LogP contribution is -2.48. The molecule has 1 saturated heterocycles. The van der Waals surface area contributed by atoms with Gasteiger partial charge < -0.3 is 24.2 Å². The SMILES string of the molecule is O=C(O)C1CN(C(=O)/C=C/c2cc(Br)c3c(c2)OCCO3)CCO1. The van der Waals surface area contributed by atoms with E-state index in [9.17, 15) is 9.59 Å². The summed E-state index contributed by atoms with van der Waals surface area (Å²) in [5, 5.41) is 8.98. The maximum Gasteiger partial charge on any atom is 0.334 e. The summed E-state index contributed by atoms with van der Waals surface area (Å²) in [5.41, 5.74) is 0.780. The van der Waals surface area contributed by atoms with Crippen molar-refractivity contribution in [2.45, 2.75) is 6.10 Å². The molecule has 24 heavy (non-hydrogen) atoms. The summed E-state index contributed by atoms with van der Waals surface area (Å²) in [4.78, 5) is 24.7. The Bertz CT molecular complexity index is 689. The van der Waals surface area contributed by atoms with Crippen LogP contribution in [0.5, 0.6) is 11.5 Å². The first-order valence-corrected chi connectivity index (χ1v) is 8.24. The van der Waals surface area contributed by atoms with Gasteiger partial charge in [-0.25, -0.2) is 4.79 Å². The lowest BCUT2D eigenvalue weighted by molar-refractivity contribution is -0.158. The molecule has 1 aromatic rings. The van der Waals surface area contributed by atoms with E-state index in [-0.39, 0.29) is 19.1 Å². The van der Waals surface area contributed by atoms with Crippen LogP contribution in [0.15, 0.2) is 22.7 Å². The molecule has 0 aromatic heterocycles. The highest BCUT2D eigenvalue weighted by Crippen LogP contribution is 2.38. The Kier molecular flexibility index (Phi) is 5.06. The predicted octanol–water partition coefficient (Wildman–Crippen LogP) is 1.55. The Morgan fingerprint density at radius 1 is 1.25 bits per heavy atom. The van der Waals surface area contributed by atoms with E-state index in [0.29, 0.717) is 31.3 Å². The van der Waals surface area contributed by atoms with Crippen LogP contribution in [0.3, 0.4) is 0 Å². The number of carbonyl (C=O) groups excluding carboxylic acids is 1. The molecule has 0 aliphatic carbocycles. The number of aliphatic carboxylic acids is 1. The molecule has 2 aliphatic heterocycles. The number of nitrogens with zero attached hydrogens (tertiary/aromatic N) is 1. The second-order valence-corrected chi connectivity index (χ2v) is 6.20. The summed E-state index contributed by atoms with van der Waals surface area (Å²) in [6.45, 7) is 1.62. The number of fused-ring (bicyclic) bond motifs is 1. The monoisotopic (exact) mass is 397 g/mol. The van der Waals surface area contributed by atoms with Crippen molar-refractivity contribution in [3.05, 3.63) is 28.2 Å². The van der Waals surface area contributed by atoms with Gasteiger partial charge in [-0.05, 0) is 39.7 Å². The van der Waals surface area contributed by atoms with Crippen molar-refractivity contribution in [2.75, 3.05) is 32.9 Å². The topological polar surface area (TPSA) is 85.3 Å². The van der Waals surface area contributed by atoms with Gasteiger partial charge in [0, 0.05) is 12.6 Å². The second kappa shape index (κ2) is 7.23. The van der Waals surface area contributed by atoms with E-state index in [0.717, 1.165) is 10.0 Å². The molecule has 2 heterocycles. The second-order valence-electron chi connectivity index (χ2n) is 5.34. The number of morpholine rings is 1. The Hall–Kier alpha value is -2.06. The number of benzene rings is 1. The molecule has 1 fully saturated rings. The van der Waals surface area contributed by atoms with Gasteiger partial charge in [-0.15, -0.1) is 0 Å². The molecular weight excluding hydrogens is 382 g/mol. The van der Waals surface area contributed by atoms with E-state index in [1.165, 1.54) is 11.0 Å². The number of hydrogen-bond acceptors (Lipinski definition) is 5. The molecule has 2 aliphatic rings. The zero-order valence-electron chi connectivity index (χ0n) is 12.7. The van der Waals surface area contributed by atoms with Gasteiger partial charge in [0.2, 0.25) is 5.91 Å². The highest BCUT2D eigenvalue weighted by atomic mass is 79.9. The molecule has 1 unspecified atom stereocenters. The van der Waals surface area contributed by atoms with E-state index in [1.54, 1.807) is 12.1 Å². The van der Waals surface area contributed by atoms with Crippen molar-refractivity contribution in [1.29, 1.82) is 0 Å². The van der Waals surface area contributed by atoms with Gasteiger partial charge in [0.05, 0.1) is 17.6 Å². The zero-order chi connectivity index (χ0) is 17.1. The minimum absolute atomic E-state index is 0.0450. The van der Waals surface area contributed by atoms with Crippen molar-refractivity contribution < 1.29 is 28.9 Å². The summed E-state index contributed by atoms with van der Waals surface area (Å²) in [5.74, 6) is -0.0370. The third kappa shape index (κ3) is 3.70. The molecule has 1 amide bonds. The van der Waals surface area contributed by atoms with E-state index in [1.807, 2.05) is 6.07 Å². The maximum atomic E-state index is 12.2. The number of hydrogen-bond donors (Lipinski definition) is 1. The first kappa shape index (κ1) is 16.8. The Labute approximate surface area is 146 Å². The third-order valence-electron chi connectivity index (χ3n) is 3.69. The Morgan fingerprint density at radius 3 is 2.83 bits per heavy atom. The van der Waals surface area contributed by atoms with Gasteiger partial charge in [-0.1, -0.05) is 0 Å². The van der Waals surface area contributed by atoms with Gasteiger partial charge in [-0.3, -0.25) is 4.79 Å². The van der Waals surface area contributed by atoms with Crippen molar-refractivity contribution in [2.24, 2.45) is 0 Å². The van der Waals surface area contributed by atoms with Crippen LogP contribution in [0, 0.1) is 0 Å². The normalized spacial score (nSPS) is 20.2. The van der Waals surface area contributed by atoms with Crippen LogP contribution < -0.4 is 9.47 Å². The number of carbonyl (C=O) groups is 2. The van der Waals surface area contributed by atoms with Crippen molar-refractivity contribution in [3.8, 4) is 11.5 Å². The molecule has 0 saturated carbocycles. The van der Waals surface area contributed by atoms with E-state index < -0.39 is 12.1 Å². The summed E-state index contributed by atoms with van der Waals surface area (Å²) < 4.78 is 16.9. The van der Waals surface area contributed by atoms with Gasteiger partial charge in [-0.2, -0.15) is 0 Å².